The number of nitriles is 1. The molecule has 0 unspecified atom stereocenters. The highest BCUT2D eigenvalue weighted by Gasteiger charge is 2.27. The summed E-state index contributed by atoms with van der Waals surface area (Å²) in [6.07, 6.45) is 0. The number of rotatable bonds is 4. The van der Waals surface area contributed by atoms with Crippen LogP contribution in [0.5, 0.6) is 0 Å². The van der Waals surface area contributed by atoms with Crippen molar-refractivity contribution in [2.45, 2.75) is 13.8 Å². The molecule has 60 heavy (non-hydrogen) atoms. The largest absolute Gasteiger partial charge is 0.238 e. The highest BCUT2D eigenvalue weighted by molar-refractivity contribution is 6.45. The summed E-state index contributed by atoms with van der Waals surface area (Å²) in [6, 6.07) is 63.8. The van der Waals surface area contributed by atoms with Crippen LogP contribution in [0.15, 0.2) is 170 Å². The molecule has 276 valence electrons. The second-order valence-corrected chi connectivity index (χ2v) is 16.2. The molecule has 0 aliphatic rings. The van der Waals surface area contributed by atoms with E-state index in [9.17, 15) is 5.26 Å². The van der Waals surface area contributed by atoms with Crippen LogP contribution in [0, 0.1) is 31.8 Å². The van der Waals surface area contributed by atoms with Crippen LogP contribution in [-0.2, 0) is 0 Å². The zero-order valence-corrected chi connectivity index (χ0v) is 33.1. The molecule has 12 rings (SSSR count). The molecule has 12 aromatic carbocycles. The van der Waals surface area contributed by atoms with Crippen molar-refractivity contribution in [3.8, 4) is 50.6 Å². The molecule has 0 bridgehead atoms. The topological polar surface area (TPSA) is 28.1 Å². The van der Waals surface area contributed by atoms with E-state index in [0.29, 0.717) is 11.3 Å². The third-order valence-electron chi connectivity index (χ3n) is 13.0. The molecule has 0 saturated heterocycles. The Labute approximate surface area is 347 Å². The van der Waals surface area contributed by atoms with E-state index in [-0.39, 0.29) is 0 Å². The van der Waals surface area contributed by atoms with Gasteiger partial charge in [-0.05, 0) is 157 Å². The number of nitrogens with zero attached hydrogens (tertiary/aromatic N) is 2. The summed E-state index contributed by atoms with van der Waals surface area (Å²) in [5.41, 5.74) is 12.4. The van der Waals surface area contributed by atoms with Crippen molar-refractivity contribution < 1.29 is 0 Å². The Hall–Kier alpha value is -8.04. The normalized spacial score (nSPS) is 11.8. The van der Waals surface area contributed by atoms with Crippen LogP contribution in [0.2, 0.25) is 0 Å². The van der Waals surface area contributed by atoms with E-state index in [2.05, 4.69) is 176 Å². The fraction of sp³-hybridized carbons (Fsp3) is 0.0345. The van der Waals surface area contributed by atoms with Gasteiger partial charge in [0.2, 0.25) is 0 Å². The Kier molecular flexibility index (Phi) is 7.22. The minimum Gasteiger partial charge on any atom is -0.238 e. The van der Waals surface area contributed by atoms with Gasteiger partial charge in [-0.1, -0.05) is 158 Å². The third-order valence-corrected chi connectivity index (χ3v) is 13.0. The van der Waals surface area contributed by atoms with Crippen LogP contribution in [0.25, 0.3) is 125 Å². The van der Waals surface area contributed by atoms with Gasteiger partial charge in [0.05, 0.1) is 18.2 Å². The van der Waals surface area contributed by atoms with Gasteiger partial charge in [-0.2, -0.15) is 5.26 Å². The molecule has 0 aromatic heterocycles. The van der Waals surface area contributed by atoms with E-state index in [4.69, 9.17) is 6.57 Å². The van der Waals surface area contributed by atoms with Gasteiger partial charge in [-0.15, -0.1) is 0 Å². The first-order valence-electron chi connectivity index (χ1n) is 20.4. The van der Waals surface area contributed by atoms with Crippen LogP contribution in [-0.4, -0.2) is 0 Å². The second kappa shape index (κ2) is 12.7. The fourth-order valence-corrected chi connectivity index (χ4v) is 10.7. The van der Waals surface area contributed by atoms with Crippen molar-refractivity contribution in [3.05, 3.63) is 198 Å². The molecular formula is C58H34N2. The molecular weight excluding hydrogens is 725 g/mol. The smallest absolute Gasteiger partial charge is 0.194 e. The molecule has 2 nitrogen and oxygen atoms in total. The second-order valence-electron chi connectivity index (χ2n) is 16.2. The van der Waals surface area contributed by atoms with Crippen LogP contribution >= 0.6 is 0 Å². The molecule has 0 atom stereocenters. The number of hydrogen-bond donors (Lipinski definition) is 0. The first kappa shape index (κ1) is 34.0. The molecule has 0 fully saturated rings. The summed E-state index contributed by atoms with van der Waals surface area (Å²) in [4.78, 5) is 3.81. The van der Waals surface area contributed by atoms with Crippen LogP contribution < -0.4 is 0 Å². The standard InChI is InChI=1S/C58H34N2/c1-33-28-38(47-30-35(32-59)24-27-50(47)60-3)29-34(2)51(33)43-25-26-46-54-42(43)21-13-23-45(54)58-53(37-16-8-5-9-17-37)56-44-22-12-20-41-39-18-10-11-19-40(39)48(55(41)44)31-49(56)52(57(46)58)36-14-6-4-7-15-36/h4-31H,1-2H3. The lowest BCUT2D eigenvalue weighted by atomic mass is 9.84. The molecule has 0 N–H and O–H groups in total. The van der Waals surface area contributed by atoms with Gasteiger partial charge in [-0.3, -0.25) is 0 Å². The maximum atomic E-state index is 9.69. The minimum absolute atomic E-state index is 0.547. The number of hydrogen-bond acceptors (Lipinski definition) is 1. The summed E-state index contributed by atoms with van der Waals surface area (Å²) < 4.78 is 0. The van der Waals surface area contributed by atoms with E-state index in [1.807, 2.05) is 6.07 Å². The highest BCUT2D eigenvalue weighted by atomic mass is 14.6. The Bertz CT molecular complexity index is 3820. The molecule has 0 aliphatic carbocycles. The fourth-order valence-electron chi connectivity index (χ4n) is 10.7. The average molecular weight is 759 g/mol. The molecule has 0 radical (unpaired) electrons. The van der Waals surface area contributed by atoms with Crippen molar-refractivity contribution in [2.75, 3.05) is 0 Å². The van der Waals surface area contributed by atoms with Crippen molar-refractivity contribution in [2.24, 2.45) is 0 Å². The highest BCUT2D eigenvalue weighted by Crippen LogP contribution is 2.55. The van der Waals surface area contributed by atoms with Gasteiger partial charge in [0, 0.05) is 0 Å². The number of aryl methyl sites for hydroxylation is 2. The lowest BCUT2D eigenvalue weighted by Gasteiger charge is -2.19. The minimum atomic E-state index is 0.547. The molecule has 0 aliphatic heterocycles. The van der Waals surface area contributed by atoms with E-state index in [1.165, 1.54) is 109 Å². The number of fused-ring (bicyclic) bond motifs is 8. The zero-order valence-electron chi connectivity index (χ0n) is 33.1. The lowest BCUT2D eigenvalue weighted by molar-refractivity contribution is 1.38. The summed E-state index contributed by atoms with van der Waals surface area (Å²) in [7, 11) is 0. The Morgan fingerprint density at radius 2 is 0.933 bits per heavy atom. The van der Waals surface area contributed by atoms with Crippen LogP contribution in [0.4, 0.5) is 5.69 Å². The molecule has 0 saturated carbocycles. The van der Waals surface area contributed by atoms with E-state index in [1.54, 1.807) is 12.1 Å². The maximum Gasteiger partial charge on any atom is 0.194 e. The third kappa shape index (κ3) is 4.62. The average Bonchev–Trinajstić information content (AvgIpc) is 3.80. The quantitative estimate of drug-likeness (QED) is 0.130. The molecule has 0 heterocycles. The van der Waals surface area contributed by atoms with Crippen molar-refractivity contribution in [1.29, 1.82) is 5.26 Å². The van der Waals surface area contributed by atoms with Crippen molar-refractivity contribution >= 4 is 81.1 Å². The first-order valence-corrected chi connectivity index (χ1v) is 20.4. The Morgan fingerprint density at radius 3 is 1.62 bits per heavy atom. The lowest BCUT2D eigenvalue weighted by Crippen LogP contribution is -1.92. The summed E-state index contributed by atoms with van der Waals surface area (Å²) in [6.45, 7) is 12.2. The summed E-state index contributed by atoms with van der Waals surface area (Å²) in [5.74, 6) is 0. The number of benzene rings is 10. The predicted molar refractivity (Wildman–Crippen MR) is 254 cm³/mol. The molecule has 0 amide bonds. The van der Waals surface area contributed by atoms with Gasteiger partial charge >= 0.3 is 0 Å². The van der Waals surface area contributed by atoms with Gasteiger partial charge in [0.25, 0.3) is 0 Å². The van der Waals surface area contributed by atoms with Gasteiger partial charge in [-0.25, -0.2) is 4.85 Å². The monoisotopic (exact) mass is 758 g/mol. The Morgan fingerprint density at radius 1 is 0.383 bits per heavy atom. The Balaban J connectivity index is 1.25. The van der Waals surface area contributed by atoms with Crippen LogP contribution in [0.1, 0.15) is 16.7 Å². The van der Waals surface area contributed by atoms with Gasteiger partial charge < -0.3 is 0 Å². The molecule has 2 heteroatoms. The van der Waals surface area contributed by atoms with E-state index in [0.717, 1.165) is 22.3 Å². The summed E-state index contributed by atoms with van der Waals surface area (Å²) >= 11 is 0. The van der Waals surface area contributed by atoms with Crippen molar-refractivity contribution in [1.82, 2.24) is 0 Å². The van der Waals surface area contributed by atoms with Crippen molar-refractivity contribution in [3.63, 3.8) is 0 Å². The maximum absolute atomic E-state index is 9.69. The summed E-state index contributed by atoms with van der Waals surface area (Å²) in [5, 5.41) is 27.6. The zero-order chi connectivity index (χ0) is 40.2. The van der Waals surface area contributed by atoms with E-state index < -0.39 is 0 Å². The SMILES string of the molecule is [C-]#[N+]c1ccc(C#N)cc1-c1cc(C)c(-c2ccc3c4c(-c5ccccc5)c5cc6c7ccccc7c7cccc(c5c(-c5ccccc5)c4c4cccc2c34)c76)c(C)c1. The van der Waals surface area contributed by atoms with E-state index >= 15 is 0 Å². The van der Waals surface area contributed by atoms with Crippen LogP contribution in [0.3, 0.4) is 0 Å². The predicted octanol–water partition coefficient (Wildman–Crippen LogP) is 16.3. The molecule has 0 spiro atoms. The van der Waals surface area contributed by atoms with Gasteiger partial charge in [0.15, 0.2) is 5.69 Å². The molecule has 12 aromatic rings. The first-order chi connectivity index (χ1) is 29.5. The van der Waals surface area contributed by atoms with Gasteiger partial charge in [0.1, 0.15) is 0 Å².